The zero-order chi connectivity index (χ0) is 21.5. The fraction of sp³-hybridized carbons (Fsp3) is 0.0476. The number of nitrogens with zero attached hydrogens (tertiary/aromatic N) is 2. The third kappa shape index (κ3) is 3.73. The summed E-state index contributed by atoms with van der Waals surface area (Å²) in [7, 11) is 0. The monoisotopic (exact) mass is 418 g/mol. The first-order chi connectivity index (χ1) is 14.2. The van der Waals surface area contributed by atoms with Gasteiger partial charge in [0, 0.05) is 5.56 Å². The number of halogens is 5. The Kier molecular flexibility index (Phi) is 4.73. The maximum Gasteiger partial charge on any atom is 0.573 e. The molecule has 1 heterocycles. The highest BCUT2D eigenvalue weighted by atomic mass is 19.4. The largest absolute Gasteiger partial charge is 0.573 e. The summed E-state index contributed by atoms with van der Waals surface area (Å²) < 4.78 is 70.5. The van der Waals surface area contributed by atoms with E-state index in [-0.39, 0.29) is 27.7 Å². The lowest BCUT2D eigenvalue weighted by Crippen LogP contribution is -2.22. The molecular weight excluding hydrogens is 407 g/mol. The van der Waals surface area contributed by atoms with Crippen molar-refractivity contribution < 1.29 is 26.7 Å². The highest BCUT2D eigenvalue weighted by Crippen LogP contribution is 2.31. The normalized spacial score (nSPS) is 11.6. The quantitative estimate of drug-likeness (QED) is 0.428. The summed E-state index contributed by atoms with van der Waals surface area (Å²) in [6.45, 7) is 0. The van der Waals surface area contributed by atoms with Crippen molar-refractivity contribution in [2.75, 3.05) is 0 Å². The lowest BCUT2D eigenvalue weighted by molar-refractivity contribution is -0.274. The Morgan fingerprint density at radius 3 is 2.30 bits per heavy atom. The van der Waals surface area contributed by atoms with Crippen molar-refractivity contribution in [2.24, 2.45) is 0 Å². The van der Waals surface area contributed by atoms with E-state index in [1.54, 1.807) is 0 Å². The molecule has 0 fully saturated rings. The molecule has 0 saturated heterocycles. The van der Waals surface area contributed by atoms with E-state index >= 15 is 0 Å². The first-order valence-electron chi connectivity index (χ1n) is 8.56. The highest BCUT2D eigenvalue weighted by molar-refractivity contribution is 5.94. The third-order valence-corrected chi connectivity index (χ3v) is 4.29. The van der Waals surface area contributed by atoms with Crippen LogP contribution in [0.2, 0.25) is 0 Å². The second-order valence-corrected chi connectivity index (χ2v) is 6.28. The molecule has 0 amide bonds. The number of hydrogen-bond acceptors (Lipinski definition) is 3. The molecule has 0 unspecified atom stereocenters. The molecule has 0 aliphatic rings. The van der Waals surface area contributed by atoms with Crippen LogP contribution >= 0.6 is 0 Å². The van der Waals surface area contributed by atoms with Gasteiger partial charge >= 0.3 is 6.36 Å². The molecule has 0 aliphatic carbocycles. The average molecular weight is 418 g/mol. The third-order valence-electron chi connectivity index (χ3n) is 4.29. The van der Waals surface area contributed by atoms with E-state index in [1.165, 1.54) is 36.4 Å². The Hall–Kier alpha value is -3.75. The zero-order valence-electron chi connectivity index (χ0n) is 15.0. The summed E-state index contributed by atoms with van der Waals surface area (Å²) in [6.07, 6.45) is -4.91. The van der Waals surface area contributed by atoms with Crippen LogP contribution in [0.3, 0.4) is 0 Å². The summed E-state index contributed by atoms with van der Waals surface area (Å²) in [5.74, 6) is -1.82. The number of benzene rings is 3. The van der Waals surface area contributed by atoms with Gasteiger partial charge in [-0.3, -0.25) is 4.79 Å². The standard InChI is InChI=1S/C21H11F5N2O2/c22-13-7-9-14(10-8-13)28-20(29)16-5-2-6-17(23)18(16)19(27-28)12-3-1-4-15(11-12)30-21(24,25)26/h1-11H. The fourth-order valence-electron chi connectivity index (χ4n) is 3.05. The van der Waals surface area contributed by atoms with Gasteiger partial charge in [-0.2, -0.15) is 9.78 Å². The number of fused-ring (bicyclic) bond motifs is 1. The van der Waals surface area contributed by atoms with Gasteiger partial charge in [0.05, 0.1) is 16.5 Å². The van der Waals surface area contributed by atoms with Crippen molar-refractivity contribution >= 4 is 10.8 Å². The minimum atomic E-state index is -4.91. The molecule has 0 saturated carbocycles. The average Bonchev–Trinajstić information content (AvgIpc) is 2.68. The van der Waals surface area contributed by atoms with Gasteiger partial charge in [0.2, 0.25) is 0 Å². The fourth-order valence-corrected chi connectivity index (χ4v) is 3.05. The summed E-state index contributed by atoms with van der Waals surface area (Å²) >= 11 is 0. The van der Waals surface area contributed by atoms with Crippen LogP contribution in [-0.4, -0.2) is 16.1 Å². The van der Waals surface area contributed by atoms with Crippen molar-refractivity contribution in [3.63, 3.8) is 0 Å². The van der Waals surface area contributed by atoms with Gasteiger partial charge in [0.15, 0.2) is 0 Å². The molecule has 0 N–H and O–H groups in total. The van der Waals surface area contributed by atoms with Crippen molar-refractivity contribution in [3.8, 4) is 22.7 Å². The number of hydrogen-bond donors (Lipinski definition) is 0. The van der Waals surface area contributed by atoms with Crippen molar-refractivity contribution in [3.05, 3.63) is 88.7 Å². The molecular formula is C21H11F5N2O2. The van der Waals surface area contributed by atoms with Crippen LogP contribution in [0.1, 0.15) is 0 Å². The Morgan fingerprint density at radius 2 is 1.60 bits per heavy atom. The van der Waals surface area contributed by atoms with Gasteiger partial charge in [-0.1, -0.05) is 18.2 Å². The Bertz CT molecular complexity index is 1300. The number of rotatable bonds is 3. The SMILES string of the molecule is O=c1c2cccc(F)c2c(-c2cccc(OC(F)(F)F)c2)nn1-c1ccc(F)cc1. The number of aromatic nitrogens is 2. The van der Waals surface area contributed by atoms with Crippen LogP contribution in [0.15, 0.2) is 71.5 Å². The molecule has 0 atom stereocenters. The summed E-state index contributed by atoms with van der Waals surface area (Å²) in [5.41, 5.74) is -0.429. The lowest BCUT2D eigenvalue weighted by Gasteiger charge is -2.13. The van der Waals surface area contributed by atoms with Gasteiger partial charge in [-0.15, -0.1) is 13.2 Å². The maximum atomic E-state index is 14.6. The van der Waals surface area contributed by atoms with Gasteiger partial charge in [-0.05, 0) is 48.5 Å². The van der Waals surface area contributed by atoms with E-state index in [1.807, 2.05) is 0 Å². The second-order valence-electron chi connectivity index (χ2n) is 6.28. The molecule has 0 bridgehead atoms. The van der Waals surface area contributed by atoms with Crippen molar-refractivity contribution in [1.82, 2.24) is 9.78 Å². The van der Waals surface area contributed by atoms with E-state index in [4.69, 9.17) is 0 Å². The summed E-state index contributed by atoms with van der Waals surface area (Å²) in [4.78, 5) is 12.9. The van der Waals surface area contributed by atoms with Crippen molar-refractivity contribution in [2.45, 2.75) is 6.36 Å². The van der Waals surface area contributed by atoms with Gasteiger partial charge in [-0.25, -0.2) is 8.78 Å². The van der Waals surface area contributed by atoms with Crippen molar-refractivity contribution in [1.29, 1.82) is 0 Å². The molecule has 3 aromatic carbocycles. The summed E-state index contributed by atoms with van der Waals surface area (Å²) in [5, 5.41) is 3.99. The smallest absolute Gasteiger partial charge is 0.406 e. The van der Waals surface area contributed by atoms with Crippen LogP contribution in [0.25, 0.3) is 27.7 Å². The van der Waals surface area contributed by atoms with Crippen LogP contribution in [-0.2, 0) is 0 Å². The van der Waals surface area contributed by atoms with Crippen LogP contribution in [0.5, 0.6) is 5.75 Å². The maximum absolute atomic E-state index is 14.6. The lowest BCUT2D eigenvalue weighted by atomic mass is 10.0. The number of alkyl halides is 3. The topological polar surface area (TPSA) is 44.1 Å². The van der Waals surface area contributed by atoms with Crippen LogP contribution in [0.4, 0.5) is 22.0 Å². The van der Waals surface area contributed by atoms with Crippen LogP contribution in [0, 0.1) is 11.6 Å². The highest BCUT2D eigenvalue weighted by Gasteiger charge is 2.31. The molecule has 0 radical (unpaired) electrons. The van der Waals surface area contributed by atoms with E-state index in [9.17, 15) is 26.7 Å². The van der Waals surface area contributed by atoms with Gasteiger partial charge < -0.3 is 4.74 Å². The molecule has 4 rings (SSSR count). The van der Waals surface area contributed by atoms with E-state index in [2.05, 4.69) is 9.84 Å². The first-order valence-corrected chi connectivity index (χ1v) is 8.56. The second kappa shape index (κ2) is 7.25. The van der Waals surface area contributed by atoms with E-state index in [0.717, 1.165) is 35.0 Å². The predicted octanol–water partition coefficient (Wildman–Crippen LogP) is 5.23. The minimum absolute atomic E-state index is 0.0357. The van der Waals surface area contributed by atoms with Gasteiger partial charge in [0.1, 0.15) is 23.1 Å². The van der Waals surface area contributed by atoms with Gasteiger partial charge in [0.25, 0.3) is 5.56 Å². The van der Waals surface area contributed by atoms with E-state index < -0.39 is 29.3 Å². The molecule has 1 aromatic heterocycles. The Morgan fingerprint density at radius 1 is 0.900 bits per heavy atom. The molecule has 152 valence electrons. The Labute approximate surface area is 165 Å². The molecule has 0 aliphatic heterocycles. The molecule has 4 nitrogen and oxygen atoms in total. The molecule has 30 heavy (non-hydrogen) atoms. The molecule has 4 aromatic rings. The minimum Gasteiger partial charge on any atom is -0.406 e. The zero-order valence-corrected chi connectivity index (χ0v) is 15.0. The molecule has 0 spiro atoms. The van der Waals surface area contributed by atoms with E-state index in [0.29, 0.717) is 0 Å². The number of ether oxygens (including phenoxy) is 1. The predicted molar refractivity (Wildman–Crippen MR) is 99.4 cm³/mol. The summed E-state index contributed by atoms with van der Waals surface area (Å²) in [6, 6.07) is 13.5. The molecule has 9 heteroatoms. The Balaban J connectivity index is 2.00. The van der Waals surface area contributed by atoms with Crippen LogP contribution < -0.4 is 10.3 Å². The first kappa shape index (κ1) is 19.6.